The summed E-state index contributed by atoms with van der Waals surface area (Å²) in [7, 11) is 0. The van der Waals surface area contributed by atoms with E-state index in [0.717, 1.165) is 23.9 Å². The molecule has 0 unspecified atom stereocenters. The van der Waals surface area contributed by atoms with Crippen LogP contribution in [0.4, 0.5) is 5.95 Å². The van der Waals surface area contributed by atoms with E-state index in [1.165, 1.54) is 0 Å². The fraction of sp³-hybridized carbons (Fsp3) is 0.333. The van der Waals surface area contributed by atoms with E-state index in [9.17, 15) is 19.8 Å². The zero-order chi connectivity index (χ0) is 21.1. The van der Waals surface area contributed by atoms with Gasteiger partial charge in [-0.05, 0) is 18.6 Å². The second-order valence-corrected chi connectivity index (χ2v) is 7.29. The zero-order valence-electron chi connectivity index (χ0n) is 16.4. The van der Waals surface area contributed by atoms with E-state index in [1.54, 1.807) is 29.2 Å². The first-order chi connectivity index (χ1) is 14.5. The number of carboxylic acids is 2. The Labute approximate surface area is 173 Å². The minimum atomic E-state index is -0.970. The van der Waals surface area contributed by atoms with E-state index in [0.29, 0.717) is 31.1 Å². The molecule has 0 amide bonds. The number of para-hydroxylation sites is 1. The summed E-state index contributed by atoms with van der Waals surface area (Å²) in [6.07, 6.45) is 5.83. The molecule has 3 heterocycles. The number of aliphatic carboxylic acids is 2. The normalized spacial score (nSPS) is 16.3. The molecule has 9 heteroatoms. The molecule has 2 N–H and O–H groups in total. The van der Waals surface area contributed by atoms with Crippen molar-refractivity contribution in [2.75, 3.05) is 31.1 Å². The Morgan fingerprint density at radius 2 is 1.77 bits per heavy atom. The molecular weight excluding hydrogens is 386 g/mol. The Balaban J connectivity index is 1.65. The van der Waals surface area contributed by atoms with Crippen LogP contribution in [0.1, 0.15) is 18.0 Å². The summed E-state index contributed by atoms with van der Waals surface area (Å²) in [4.78, 5) is 36.2. The molecule has 0 saturated carbocycles. The standard InChI is InChI=1S/C21H23N5O4/c27-18(28)14-26-13-16(15-5-1-2-6-17(15)26)19(20(29)30)24-9-4-10-25(12-11-24)21-22-7-3-8-23-21/h1-3,5-8,13,19H,4,9-12,14H2,(H,27,28)(H,29,30)/t19-/m0/s1. The van der Waals surface area contributed by atoms with Crippen molar-refractivity contribution in [2.24, 2.45) is 0 Å². The number of nitrogens with zero attached hydrogens (tertiary/aromatic N) is 5. The summed E-state index contributed by atoms with van der Waals surface area (Å²) < 4.78 is 1.60. The van der Waals surface area contributed by atoms with E-state index in [2.05, 4.69) is 14.9 Å². The number of rotatable bonds is 6. The smallest absolute Gasteiger partial charge is 0.325 e. The molecule has 0 spiro atoms. The summed E-state index contributed by atoms with van der Waals surface area (Å²) in [6, 6.07) is 8.23. The van der Waals surface area contributed by atoms with Crippen LogP contribution in [0, 0.1) is 0 Å². The van der Waals surface area contributed by atoms with Gasteiger partial charge in [-0.2, -0.15) is 0 Å². The fourth-order valence-electron chi connectivity index (χ4n) is 4.11. The van der Waals surface area contributed by atoms with Crippen molar-refractivity contribution in [2.45, 2.75) is 19.0 Å². The number of anilines is 1. The molecule has 3 aromatic rings. The number of hydrogen-bond donors (Lipinski definition) is 2. The van der Waals surface area contributed by atoms with Gasteiger partial charge in [0.05, 0.1) is 0 Å². The fourth-order valence-corrected chi connectivity index (χ4v) is 4.11. The average Bonchev–Trinajstić information content (AvgIpc) is 2.91. The van der Waals surface area contributed by atoms with Crippen molar-refractivity contribution in [3.8, 4) is 0 Å². The SMILES string of the molecule is O=C(O)Cn1cc([C@@H](C(=O)O)N2CCCN(c3ncccn3)CC2)c2ccccc21. The van der Waals surface area contributed by atoms with Crippen LogP contribution in [0.3, 0.4) is 0 Å². The first-order valence-electron chi connectivity index (χ1n) is 9.83. The number of aromatic nitrogens is 3. The van der Waals surface area contributed by atoms with Crippen LogP contribution in [0.25, 0.3) is 10.9 Å². The van der Waals surface area contributed by atoms with E-state index in [4.69, 9.17) is 0 Å². The van der Waals surface area contributed by atoms with Crippen LogP contribution in [0.15, 0.2) is 48.9 Å². The second kappa shape index (κ2) is 8.50. The van der Waals surface area contributed by atoms with Gasteiger partial charge in [0, 0.05) is 61.2 Å². The molecule has 156 valence electrons. The maximum Gasteiger partial charge on any atom is 0.325 e. The van der Waals surface area contributed by atoms with Crippen LogP contribution in [0.2, 0.25) is 0 Å². The summed E-state index contributed by atoms with van der Waals surface area (Å²) in [5, 5.41) is 20.1. The predicted molar refractivity (Wildman–Crippen MR) is 110 cm³/mol. The minimum absolute atomic E-state index is 0.216. The lowest BCUT2D eigenvalue weighted by Crippen LogP contribution is -2.37. The summed E-state index contributed by atoms with van der Waals surface area (Å²) in [6.45, 7) is 2.29. The second-order valence-electron chi connectivity index (χ2n) is 7.29. The molecule has 9 nitrogen and oxygen atoms in total. The minimum Gasteiger partial charge on any atom is -0.480 e. The molecule has 0 aliphatic carbocycles. The van der Waals surface area contributed by atoms with Crippen molar-refractivity contribution >= 4 is 28.8 Å². The molecule has 0 bridgehead atoms. The van der Waals surface area contributed by atoms with Crippen molar-refractivity contribution < 1.29 is 19.8 Å². The third-order valence-corrected chi connectivity index (χ3v) is 5.38. The lowest BCUT2D eigenvalue weighted by Gasteiger charge is -2.27. The molecule has 4 rings (SSSR count). The van der Waals surface area contributed by atoms with Gasteiger partial charge in [0.25, 0.3) is 0 Å². The van der Waals surface area contributed by atoms with Gasteiger partial charge in [-0.15, -0.1) is 0 Å². The van der Waals surface area contributed by atoms with Gasteiger partial charge < -0.3 is 19.7 Å². The zero-order valence-corrected chi connectivity index (χ0v) is 16.4. The molecule has 30 heavy (non-hydrogen) atoms. The maximum atomic E-state index is 12.3. The molecule has 1 saturated heterocycles. The molecule has 1 aliphatic rings. The molecule has 1 fully saturated rings. The van der Waals surface area contributed by atoms with Crippen LogP contribution in [-0.2, 0) is 16.1 Å². The highest BCUT2D eigenvalue weighted by molar-refractivity contribution is 5.90. The van der Waals surface area contributed by atoms with Crippen LogP contribution < -0.4 is 4.90 Å². The lowest BCUT2D eigenvalue weighted by atomic mass is 10.0. The number of carboxylic acid groups (broad SMARTS) is 2. The van der Waals surface area contributed by atoms with E-state index >= 15 is 0 Å². The molecule has 1 atom stereocenters. The predicted octanol–water partition coefficient (Wildman–Crippen LogP) is 1.85. The lowest BCUT2D eigenvalue weighted by molar-refractivity contribution is -0.143. The Bertz CT molecular complexity index is 1050. The Morgan fingerprint density at radius 3 is 2.50 bits per heavy atom. The molecule has 2 aromatic heterocycles. The number of carbonyl (C=O) groups is 2. The van der Waals surface area contributed by atoms with E-state index < -0.39 is 18.0 Å². The highest BCUT2D eigenvalue weighted by Gasteiger charge is 2.32. The van der Waals surface area contributed by atoms with Gasteiger partial charge in [0.1, 0.15) is 12.6 Å². The van der Waals surface area contributed by atoms with Crippen LogP contribution in [-0.4, -0.2) is 67.8 Å². The van der Waals surface area contributed by atoms with E-state index in [1.807, 2.05) is 29.2 Å². The topological polar surface area (TPSA) is 112 Å². The van der Waals surface area contributed by atoms with Crippen molar-refractivity contribution in [3.63, 3.8) is 0 Å². The van der Waals surface area contributed by atoms with Gasteiger partial charge in [0.15, 0.2) is 0 Å². The Kier molecular flexibility index (Phi) is 5.62. The molecule has 1 aromatic carbocycles. The number of hydrogen-bond acceptors (Lipinski definition) is 6. The van der Waals surface area contributed by atoms with Crippen molar-refractivity contribution in [1.29, 1.82) is 0 Å². The third kappa shape index (κ3) is 3.97. The Morgan fingerprint density at radius 1 is 1.00 bits per heavy atom. The number of fused-ring (bicyclic) bond motifs is 1. The first-order valence-corrected chi connectivity index (χ1v) is 9.83. The maximum absolute atomic E-state index is 12.3. The molecular formula is C21H23N5O4. The molecule has 0 radical (unpaired) electrons. The highest BCUT2D eigenvalue weighted by Crippen LogP contribution is 2.31. The monoisotopic (exact) mass is 409 g/mol. The van der Waals surface area contributed by atoms with Gasteiger partial charge in [-0.3, -0.25) is 14.5 Å². The Hall–Kier alpha value is -3.46. The summed E-state index contributed by atoms with van der Waals surface area (Å²) in [5.74, 6) is -1.27. The summed E-state index contributed by atoms with van der Waals surface area (Å²) in [5.41, 5.74) is 1.33. The third-order valence-electron chi connectivity index (χ3n) is 5.38. The van der Waals surface area contributed by atoms with Gasteiger partial charge >= 0.3 is 11.9 Å². The van der Waals surface area contributed by atoms with Crippen LogP contribution >= 0.6 is 0 Å². The van der Waals surface area contributed by atoms with Gasteiger partial charge in [-0.25, -0.2) is 9.97 Å². The first kappa shape index (κ1) is 19.8. The quantitative estimate of drug-likeness (QED) is 0.634. The van der Waals surface area contributed by atoms with Crippen LogP contribution in [0.5, 0.6) is 0 Å². The summed E-state index contributed by atoms with van der Waals surface area (Å²) >= 11 is 0. The van der Waals surface area contributed by atoms with E-state index in [-0.39, 0.29) is 6.54 Å². The highest BCUT2D eigenvalue weighted by atomic mass is 16.4. The average molecular weight is 409 g/mol. The largest absolute Gasteiger partial charge is 0.480 e. The number of benzene rings is 1. The van der Waals surface area contributed by atoms with Crippen molar-refractivity contribution in [3.05, 3.63) is 54.5 Å². The van der Waals surface area contributed by atoms with Gasteiger partial charge in [0.2, 0.25) is 5.95 Å². The van der Waals surface area contributed by atoms with Gasteiger partial charge in [-0.1, -0.05) is 18.2 Å². The van der Waals surface area contributed by atoms with Crippen molar-refractivity contribution in [1.82, 2.24) is 19.4 Å². The molecule has 1 aliphatic heterocycles.